The monoisotopic (exact) mass is 944 g/mol. The number of aryl methyl sites for hydroxylation is 4. The van der Waals surface area contributed by atoms with Gasteiger partial charge in [0.2, 0.25) is 12.7 Å². The maximum Gasteiger partial charge on any atom is 0.493 e. The molecule has 58 heavy (non-hydrogen) atoms. The van der Waals surface area contributed by atoms with Crippen molar-refractivity contribution in [3.8, 4) is 0 Å². The number of hydrogen-bond acceptors (Lipinski definition) is 10. The Morgan fingerprint density at radius 1 is 0.517 bits per heavy atom. The van der Waals surface area contributed by atoms with Crippen molar-refractivity contribution in [2.45, 2.75) is 115 Å². The summed E-state index contributed by atoms with van der Waals surface area (Å²) in [6.07, 6.45) is -20.2. The molecule has 32 heteroatoms. The van der Waals surface area contributed by atoms with Gasteiger partial charge in [0.05, 0.1) is 35.0 Å². The Kier molecular flexibility index (Phi) is 21.2. The van der Waals surface area contributed by atoms with Gasteiger partial charge in [0.15, 0.2) is 0 Å². The van der Waals surface area contributed by atoms with E-state index in [1.165, 1.54) is 64.5 Å². The van der Waals surface area contributed by atoms with E-state index in [1.807, 2.05) is 13.6 Å². The zero-order valence-corrected chi connectivity index (χ0v) is 33.1. The van der Waals surface area contributed by atoms with E-state index in [0.29, 0.717) is 0 Å². The van der Waals surface area contributed by atoms with Gasteiger partial charge in [-0.05, 0) is 25.7 Å². The number of alkyl halides is 15. The molecule has 0 aliphatic rings. The normalized spacial score (nSPS) is 14.6. The van der Waals surface area contributed by atoms with E-state index in [4.69, 9.17) is 0 Å². The van der Waals surface area contributed by atoms with Gasteiger partial charge in [-0.15, -0.1) is 0 Å². The SMILES string of the molecule is CCCCCCn1cc[n+](C)c1.CCCCCCn1cc[n+](C)c1.O=P([O-])([O-])OP(=O)(OC(F)(F)C(F)(F)F)OP(=O)(OC(F)(F)C(F)(F)F)OC(F)(F)C(F)(F)F. The molecule has 1 atom stereocenters. The number of phosphoric acid groups is 3. The van der Waals surface area contributed by atoms with Crippen LogP contribution in [0.15, 0.2) is 37.4 Å². The minimum Gasteiger partial charge on any atom is -0.789 e. The molecule has 0 fully saturated rings. The Morgan fingerprint density at radius 2 is 0.828 bits per heavy atom. The molecule has 2 rings (SSSR count). The van der Waals surface area contributed by atoms with Crippen LogP contribution in [-0.4, -0.2) is 46.0 Å². The van der Waals surface area contributed by atoms with Crippen LogP contribution in [-0.2, 0) is 63.1 Å². The lowest BCUT2D eigenvalue weighted by Crippen LogP contribution is -2.42. The smallest absolute Gasteiger partial charge is 0.493 e. The van der Waals surface area contributed by atoms with Gasteiger partial charge in [0, 0.05) is 0 Å². The summed E-state index contributed by atoms with van der Waals surface area (Å²) in [5, 5.41) is 0. The predicted octanol–water partition coefficient (Wildman–Crippen LogP) is 8.37. The highest BCUT2D eigenvalue weighted by molar-refractivity contribution is 7.66. The van der Waals surface area contributed by atoms with Crippen LogP contribution in [0.1, 0.15) is 65.2 Å². The summed E-state index contributed by atoms with van der Waals surface area (Å²) < 4.78 is 238. The molecule has 14 nitrogen and oxygen atoms in total. The summed E-state index contributed by atoms with van der Waals surface area (Å²) in [4.78, 5) is 20.6. The highest BCUT2D eigenvalue weighted by atomic mass is 31.3. The Labute approximate surface area is 320 Å². The molecular formula is C26H38F15N4O10P3. The van der Waals surface area contributed by atoms with Gasteiger partial charge >= 0.3 is 52.5 Å². The number of hydrogen-bond donors (Lipinski definition) is 0. The first kappa shape index (κ1) is 55.8. The van der Waals surface area contributed by atoms with Crippen LogP contribution >= 0.6 is 23.5 Å². The summed E-state index contributed by atoms with van der Waals surface area (Å²) in [6, 6.07) is 0. The minimum atomic E-state index is -8.55. The summed E-state index contributed by atoms with van der Waals surface area (Å²) in [6.45, 7) is 6.83. The van der Waals surface area contributed by atoms with E-state index in [2.05, 4.69) is 92.3 Å². The lowest BCUT2D eigenvalue weighted by Gasteiger charge is -2.35. The highest BCUT2D eigenvalue weighted by Gasteiger charge is 2.71. The second-order valence-electron chi connectivity index (χ2n) is 11.6. The average molecular weight is 945 g/mol. The number of phosphoric ester groups is 1. The topological polar surface area (TPSA) is 161 Å². The average Bonchev–Trinajstić information content (AvgIpc) is 3.61. The maximum absolute atomic E-state index is 12.9. The van der Waals surface area contributed by atoms with Crippen molar-refractivity contribution in [2.75, 3.05) is 0 Å². The molecule has 2 aromatic heterocycles. The first-order valence-electron chi connectivity index (χ1n) is 16.1. The number of halogens is 15. The Balaban J connectivity index is 0.00000108. The third kappa shape index (κ3) is 20.8. The van der Waals surface area contributed by atoms with Gasteiger partial charge in [0.1, 0.15) is 24.8 Å². The fourth-order valence-electron chi connectivity index (χ4n) is 3.63. The number of rotatable bonds is 20. The van der Waals surface area contributed by atoms with Gasteiger partial charge < -0.3 is 14.4 Å². The Morgan fingerprint density at radius 3 is 1.07 bits per heavy atom. The quantitative estimate of drug-likeness (QED) is 0.0546. The molecule has 2 aromatic rings. The summed E-state index contributed by atoms with van der Waals surface area (Å²) in [5.41, 5.74) is 0. The largest absolute Gasteiger partial charge is 0.789 e. The molecule has 0 amide bonds. The molecule has 0 radical (unpaired) electrons. The van der Waals surface area contributed by atoms with Crippen LogP contribution in [0, 0.1) is 0 Å². The summed E-state index contributed by atoms with van der Waals surface area (Å²) in [5.74, 6) is 0. The van der Waals surface area contributed by atoms with Crippen LogP contribution in [0.3, 0.4) is 0 Å². The van der Waals surface area contributed by atoms with Crippen molar-refractivity contribution in [3.05, 3.63) is 37.4 Å². The Hall–Kier alpha value is -2.22. The van der Waals surface area contributed by atoms with E-state index in [9.17, 15) is 89.3 Å². The lowest BCUT2D eigenvalue weighted by molar-refractivity contribution is -0.671. The molecule has 0 saturated carbocycles. The molecule has 0 saturated heterocycles. The number of nitrogens with zero attached hydrogens (tertiary/aromatic N) is 4. The molecule has 0 aliphatic carbocycles. The number of imidazole rings is 2. The first-order chi connectivity index (χ1) is 25.9. The van der Waals surface area contributed by atoms with Gasteiger partial charge in [-0.3, -0.25) is 4.31 Å². The zero-order chi connectivity index (χ0) is 45.7. The van der Waals surface area contributed by atoms with Crippen LogP contribution < -0.4 is 18.9 Å². The number of unbranched alkanes of at least 4 members (excludes halogenated alkanes) is 6. The van der Waals surface area contributed by atoms with Crippen molar-refractivity contribution < 1.29 is 121 Å². The van der Waals surface area contributed by atoms with Crippen molar-refractivity contribution >= 4 is 23.5 Å². The standard InChI is InChI=1S/2C10H19N2.C6H2F15O10P3/c2*1-3-4-5-6-7-12-9-8-11(2)10-12;7-1(8,9)4(16,17)27-33(25,28-5(18,19)2(10,11)12)31-34(26,30-32(22,23)24)29-6(20,21)3(13,14)15/h2*8-10H,3-7H2,1-2H3;(H2,22,23,24)/q2*+1;/p-2. The van der Waals surface area contributed by atoms with Crippen LogP contribution in [0.4, 0.5) is 65.9 Å². The fraction of sp³-hybridized carbons (Fsp3) is 0.769. The van der Waals surface area contributed by atoms with Crippen molar-refractivity contribution in [3.63, 3.8) is 0 Å². The fourth-order valence-corrected chi connectivity index (χ4v) is 7.70. The van der Waals surface area contributed by atoms with Crippen LogP contribution in [0.25, 0.3) is 0 Å². The maximum atomic E-state index is 12.9. The molecule has 0 aromatic carbocycles. The van der Waals surface area contributed by atoms with E-state index >= 15 is 0 Å². The van der Waals surface area contributed by atoms with E-state index < -0.39 is 60.3 Å². The zero-order valence-electron chi connectivity index (χ0n) is 30.4. The molecule has 0 bridgehead atoms. The lowest BCUT2D eigenvalue weighted by atomic mass is 10.2. The van der Waals surface area contributed by atoms with E-state index in [1.54, 1.807) is 0 Å². The summed E-state index contributed by atoms with van der Waals surface area (Å²) in [7, 11) is -20.1. The third-order valence-corrected chi connectivity index (χ3v) is 10.8. The highest BCUT2D eigenvalue weighted by Crippen LogP contribution is 2.74. The molecule has 0 spiro atoms. The second kappa shape index (κ2) is 22.0. The molecule has 342 valence electrons. The van der Waals surface area contributed by atoms with Crippen LogP contribution in [0.2, 0.25) is 0 Å². The van der Waals surface area contributed by atoms with Gasteiger partial charge in [-0.25, -0.2) is 41.0 Å². The van der Waals surface area contributed by atoms with Crippen molar-refractivity contribution in [1.82, 2.24) is 9.13 Å². The van der Waals surface area contributed by atoms with Crippen LogP contribution in [0.5, 0.6) is 0 Å². The van der Waals surface area contributed by atoms with Gasteiger partial charge in [-0.2, -0.15) is 70.2 Å². The third-order valence-electron chi connectivity index (χ3n) is 6.26. The molecule has 2 heterocycles. The van der Waals surface area contributed by atoms with Crippen molar-refractivity contribution in [2.24, 2.45) is 14.1 Å². The molecule has 0 N–H and O–H groups in total. The molecular weight excluding hydrogens is 906 g/mol. The van der Waals surface area contributed by atoms with E-state index in [0.717, 1.165) is 0 Å². The first-order valence-corrected chi connectivity index (χ1v) is 20.4. The summed E-state index contributed by atoms with van der Waals surface area (Å²) >= 11 is 0. The van der Waals surface area contributed by atoms with E-state index in [-0.39, 0.29) is 0 Å². The van der Waals surface area contributed by atoms with Gasteiger partial charge in [-0.1, -0.05) is 39.5 Å². The predicted molar refractivity (Wildman–Crippen MR) is 161 cm³/mol. The molecule has 1 unspecified atom stereocenters. The van der Waals surface area contributed by atoms with Crippen molar-refractivity contribution in [1.29, 1.82) is 0 Å². The second-order valence-corrected chi connectivity index (χ2v) is 16.1. The number of aromatic nitrogens is 4. The minimum absolute atomic E-state index is 1.17. The molecule has 0 aliphatic heterocycles. The van der Waals surface area contributed by atoms with Gasteiger partial charge in [0.25, 0.3) is 0 Å². The Bertz CT molecular complexity index is 1590.